The van der Waals surface area contributed by atoms with Gasteiger partial charge in [-0.2, -0.15) is 0 Å². The third kappa shape index (κ3) is 4.87. The first-order chi connectivity index (χ1) is 16.2. The number of rotatable bonds is 4. The van der Waals surface area contributed by atoms with Crippen molar-refractivity contribution in [2.75, 3.05) is 31.5 Å². The molecule has 176 valence electrons. The molecule has 34 heavy (non-hydrogen) atoms. The Morgan fingerprint density at radius 3 is 2.12 bits per heavy atom. The molecular formula is C23H20F2N4O5. The summed E-state index contributed by atoms with van der Waals surface area (Å²) < 4.78 is 31.7. The number of benzene rings is 2. The average molecular weight is 470 g/mol. The van der Waals surface area contributed by atoms with Crippen LogP contribution in [0.2, 0.25) is 0 Å². The van der Waals surface area contributed by atoms with Crippen molar-refractivity contribution in [3.63, 3.8) is 0 Å². The Balaban J connectivity index is 1.38. The van der Waals surface area contributed by atoms with E-state index in [4.69, 9.17) is 4.52 Å². The highest BCUT2D eigenvalue weighted by Gasteiger charge is 2.28. The molecule has 3 amide bonds. The standard InChI is InChI=1S/C23H20F2N4O5/c1-13-8-20(34-27-13)23(33)29-6-4-28(5-7-29)22(32)18-3-2-17(12-19(18)30)26-21(31)14-9-15(24)11-16(25)10-14/h2-3,8-12,30H,4-7H2,1H3,(H,26,31). The molecule has 2 heterocycles. The summed E-state index contributed by atoms with van der Waals surface area (Å²) in [6.45, 7) is 2.77. The second-order valence-electron chi connectivity index (χ2n) is 7.76. The molecule has 0 saturated carbocycles. The number of anilines is 1. The number of carbonyl (C=O) groups excluding carboxylic acids is 3. The number of carbonyl (C=O) groups is 3. The number of aryl methyl sites for hydroxylation is 1. The molecule has 0 atom stereocenters. The number of hydrogen-bond acceptors (Lipinski definition) is 6. The van der Waals surface area contributed by atoms with Gasteiger partial charge in [0.1, 0.15) is 17.4 Å². The molecule has 0 unspecified atom stereocenters. The number of phenolic OH excluding ortho intramolecular Hbond substituents is 1. The van der Waals surface area contributed by atoms with Crippen molar-refractivity contribution < 1.29 is 32.8 Å². The third-order valence-corrected chi connectivity index (χ3v) is 5.30. The summed E-state index contributed by atoms with van der Waals surface area (Å²) in [5.41, 5.74) is 0.516. The molecule has 1 aliphatic rings. The zero-order valence-electron chi connectivity index (χ0n) is 18.0. The number of halogens is 2. The van der Waals surface area contributed by atoms with Crippen LogP contribution >= 0.6 is 0 Å². The first-order valence-corrected chi connectivity index (χ1v) is 10.3. The van der Waals surface area contributed by atoms with Gasteiger partial charge in [-0.15, -0.1) is 0 Å². The maximum Gasteiger partial charge on any atom is 0.292 e. The van der Waals surface area contributed by atoms with Gasteiger partial charge in [-0.1, -0.05) is 5.16 Å². The summed E-state index contributed by atoms with van der Waals surface area (Å²) in [5.74, 6) is -3.56. The van der Waals surface area contributed by atoms with Gasteiger partial charge in [0.15, 0.2) is 0 Å². The quantitative estimate of drug-likeness (QED) is 0.606. The summed E-state index contributed by atoms with van der Waals surface area (Å²) in [5, 5.41) is 16.5. The topological polar surface area (TPSA) is 116 Å². The van der Waals surface area contributed by atoms with Crippen LogP contribution in [0.25, 0.3) is 0 Å². The lowest BCUT2D eigenvalue weighted by molar-refractivity contribution is 0.0511. The van der Waals surface area contributed by atoms with E-state index in [0.29, 0.717) is 11.8 Å². The fourth-order valence-corrected chi connectivity index (χ4v) is 3.58. The van der Waals surface area contributed by atoms with Crippen molar-refractivity contribution in [3.05, 3.63) is 76.7 Å². The van der Waals surface area contributed by atoms with Gasteiger partial charge in [0.2, 0.25) is 5.76 Å². The molecule has 0 bridgehead atoms. The van der Waals surface area contributed by atoms with Crippen LogP contribution in [0.15, 0.2) is 47.0 Å². The minimum atomic E-state index is -0.897. The molecule has 11 heteroatoms. The number of nitrogens with one attached hydrogen (secondary N) is 1. The minimum Gasteiger partial charge on any atom is -0.507 e. The van der Waals surface area contributed by atoms with E-state index >= 15 is 0 Å². The van der Waals surface area contributed by atoms with Gasteiger partial charge in [0, 0.05) is 55.6 Å². The molecule has 1 aromatic heterocycles. The highest BCUT2D eigenvalue weighted by Crippen LogP contribution is 2.25. The van der Waals surface area contributed by atoms with Crippen molar-refractivity contribution >= 4 is 23.4 Å². The molecule has 1 fully saturated rings. The summed E-state index contributed by atoms with van der Waals surface area (Å²) in [4.78, 5) is 40.6. The monoisotopic (exact) mass is 470 g/mol. The first-order valence-electron chi connectivity index (χ1n) is 10.3. The van der Waals surface area contributed by atoms with Crippen molar-refractivity contribution in [2.24, 2.45) is 0 Å². The van der Waals surface area contributed by atoms with Gasteiger partial charge in [0.05, 0.1) is 11.3 Å². The Labute approximate surface area is 192 Å². The van der Waals surface area contributed by atoms with Crippen LogP contribution in [0, 0.1) is 18.6 Å². The Kier molecular flexibility index (Phi) is 6.26. The fourth-order valence-electron chi connectivity index (χ4n) is 3.58. The maximum atomic E-state index is 13.3. The number of piperazine rings is 1. The van der Waals surface area contributed by atoms with Crippen LogP contribution in [0.4, 0.5) is 14.5 Å². The molecule has 0 aliphatic carbocycles. The Morgan fingerprint density at radius 1 is 0.941 bits per heavy atom. The second kappa shape index (κ2) is 9.30. The van der Waals surface area contributed by atoms with E-state index in [-0.39, 0.29) is 60.4 Å². The van der Waals surface area contributed by atoms with E-state index in [0.717, 1.165) is 12.1 Å². The van der Waals surface area contributed by atoms with Crippen molar-refractivity contribution in [2.45, 2.75) is 6.92 Å². The van der Waals surface area contributed by atoms with E-state index in [1.165, 1.54) is 23.1 Å². The lowest BCUT2D eigenvalue weighted by Crippen LogP contribution is -2.50. The van der Waals surface area contributed by atoms with Gasteiger partial charge < -0.3 is 24.7 Å². The zero-order chi connectivity index (χ0) is 24.4. The van der Waals surface area contributed by atoms with E-state index in [9.17, 15) is 28.3 Å². The van der Waals surface area contributed by atoms with Crippen molar-refractivity contribution in [3.8, 4) is 5.75 Å². The van der Waals surface area contributed by atoms with Crippen molar-refractivity contribution in [1.82, 2.24) is 15.0 Å². The molecule has 0 radical (unpaired) electrons. The van der Waals surface area contributed by atoms with Crippen LogP contribution < -0.4 is 5.32 Å². The molecular weight excluding hydrogens is 450 g/mol. The SMILES string of the molecule is Cc1cc(C(=O)N2CCN(C(=O)c3ccc(NC(=O)c4cc(F)cc(F)c4)cc3O)CC2)on1. The average Bonchev–Trinajstić information content (AvgIpc) is 3.24. The van der Waals surface area contributed by atoms with E-state index in [1.54, 1.807) is 17.9 Å². The lowest BCUT2D eigenvalue weighted by atomic mass is 10.1. The Bertz CT molecular complexity index is 1250. The van der Waals surface area contributed by atoms with Crippen LogP contribution in [0.5, 0.6) is 5.75 Å². The van der Waals surface area contributed by atoms with E-state index in [2.05, 4.69) is 10.5 Å². The molecule has 0 spiro atoms. The molecule has 2 aromatic carbocycles. The molecule has 4 rings (SSSR count). The van der Waals surface area contributed by atoms with Crippen LogP contribution in [-0.2, 0) is 0 Å². The van der Waals surface area contributed by atoms with Gasteiger partial charge in [-0.25, -0.2) is 8.78 Å². The first kappa shape index (κ1) is 22.9. The largest absolute Gasteiger partial charge is 0.507 e. The highest BCUT2D eigenvalue weighted by atomic mass is 19.1. The second-order valence-corrected chi connectivity index (χ2v) is 7.76. The zero-order valence-corrected chi connectivity index (χ0v) is 18.0. The molecule has 1 aliphatic heterocycles. The lowest BCUT2D eigenvalue weighted by Gasteiger charge is -2.34. The number of nitrogens with zero attached hydrogens (tertiary/aromatic N) is 3. The van der Waals surface area contributed by atoms with E-state index in [1.807, 2.05) is 0 Å². The number of aromatic nitrogens is 1. The summed E-state index contributed by atoms with van der Waals surface area (Å²) >= 11 is 0. The van der Waals surface area contributed by atoms with Crippen LogP contribution in [0.1, 0.15) is 37.0 Å². The normalized spacial score (nSPS) is 13.6. The number of aromatic hydroxyl groups is 1. The molecule has 2 N–H and O–H groups in total. The van der Waals surface area contributed by atoms with Gasteiger partial charge in [0.25, 0.3) is 17.7 Å². The summed E-state index contributed by atoms with van der Waals surface area (Å²) in [6, 6.07) is 7.86. The third-order valence-electron chi connectivity index (χ3n) is 5.30. The number of phenols is 1. The Hall–Kier alpha value is -4.28. The van der Waals surface area contributed by atoms with Crippen molar-refractivity contribution in [1.29, 1.82) is 0 Å². The maximum absolute atomic E-state index is 13.3. The van der Waals surface area contributed by atoms with Gasteiger partial charge >= 0.3 is 0 Å². The van der Waals surface area contributed by atoms with Crippen LogP contribution in [0.3, 0.4) is 0 Å². The van der Waals surface area contributed by atoms with E-state index < -0.39 is 23.4 Å². The summed E-state index contributed by atoms with van der Waals surface area (Å²) in [7, 11) is 0. The minimum absolute atomic E-state index is 0.0143. The van der Waals surface area contributed by atoms with Gasteiger partial charge in [-0.3, -0.25) is 14.4 Å². The van der Waals surface area contributed by atoms with Crippen LogP contribution in [-0.4, -0.2) is 64.0 Å². The summed E-state index contributed by atoms with van der Waals surface area (Å²) in [6.07, 6.45) is 0. The predicted octanol–water partition coefficient (Wildman–Crippen LogP) is 2.82. The predicted molar refractivity (Wildman–Crippen MR) is 115 cm³/mol. The molecule has 1 saturated heterocycles. The Morgan fingerprint density at radius 2 is 1.56 bits per heavy atom. The number of amides is 3. The van der Waals surface area contributed by atoms with Gasteiger partial charge in [-0.05, 0) is 31.2 Å². The smallest absolute Gasteiger partial charge is 0.292 e. The number of hydrogen-bond donors (Lipinski definition) is 2. The molecule has 3 aromatic rings. The highest BCUT2D eigenvalue weighted by molar-refractivity contribution is 6.05. The molecule has 9 nitrogen and oxygen atoms in total. The fraction of sp³-hybridized carbons (Fsp3) is 0.217.